The molecule has 0 bridgehead atoms. The van der Waals surface area contributed by atoms with Crippen molar-refractivity contribution in [1.82, 2.24) is 4.90 Å². The fraction of sp³-hybridized carbons (Fsp3) is 0.588. The minimum atomic E-state index is -0.803. The van der Waals surface area contributed by atoms with Crippen molar-refractivity contribution in [2.24, 2.45) is 11.8 Å². The number of benzene rings is 1. The van der Waals surface area contributed by atoms with E-state index in [1.165, 1.54) is 6.07 Å². The van der Waals surface area contributed by atoms with Crippen LogP contribution in [0.3, 0.4) is 0 Å². The van der Waals surface area contributed by atoms with E-state index in [1.807, 2.05) is 6.92 Å². The second-order valence-electron chi connectivity index (χ2n) is 6.64. The van der Waals surface area contributed by atoms with Gasteiger partial charge in [-0.2, -0.15) is 0 Å². The van der Waals surface area contributed by atoms with Gasteiger partial charge in [0.25, 0.3) is 5.91 Å². The van der Waals surface area contributed by atoms with Crippen LogP contribution in [-0.2, 0) is 6.54 Å². The minimum absolute atomic E-state index is 0.0256. The number of hydrogen-bond acceptors (Lipinski definition) is 3. The molecule has 0 saturated heterocycles. The predicted octanol–water partition coefficient (Wildman–Crippen LogP) is 2.67. The Kier molecular flexibility index (Phi) is 4.08. The molecular weight excluding hydrogens is 285 g/mol. The first-order chi connectivity index (χ1) is 10.5. The lowest BCUT2D eigenvalue weighted by atomic mass is 9.79. The first-order valence-electron chi connectivity index (χ1n) is 7.95. The number of hydrogen-bond donors (Lipinski definition) is 2. The van der Waals surface area contributed by atoms with Crippen LogP contribution in [0.25, 0.3) is 0 Å². The second-order valence-corrected chi connectivity index (χ2v) is 6.64. The van der Waals surface area contributed by atoms with Crippen LogP contribution in [-0.4, -0.2) is 33.7 Å². The van der Waals surface area contributed by atoms with Crippen LogP contribution >= 0.6 is 0 Å². The fourth-order valence-corrected chi connectivity index (χ4v) is 3.72. The van der Waals surface area contributed by atoms with Gasteiger partial charge in [-0.05, 0) is 56.1 Å². The topological polar surface area (TPSA) is 60.8 Å². The SMILES string of the molecule is C[C@@H](O)C1CCC(CN2Cc3ccc(O)c(F)c3C2=O)CC1. The average molecular weight is 307 g/mol. The van der Waals surface area contributed by atoms with Gasteiger partial charge in [0.1, 0.15) is 0 Å². The third-order valence-corrected chi connectivity index (χ3v) is 5.12. The van der Waals surface area contributed by atoms with Gasteiger partial charge in [-0.15, -0.1) is 0 Å². The molecule has 1 fully saturated rings. The van der Waals surface area contributed by atoms with Crippen molar-refractivity contribution < 1.29 is 19.4 Å². The van der Waals surface area contributed by atoms with E-state index >= 15 is 0 Å². The molecule has 1 saturated carbocycles. The van der Waals surface area contributed by atoms with Crippen LogP contribution in [0.5, 0.6) is 5.75 Å². The molecule has 3 rings (SSSR count). The molecule has 0 spiro atoms. The highest BCUT2D eigenvalue weighted by molar-refractivity contribution is 5.99. The van der Waals surface area contributed by atoms with E-state index < -0.39 is 11.6 Å². The number of phenolic OH excluding ortho intramolecular Hbond substituents is 1. The summed E-state index contributed by atoms with van der Waals surface area (Å²) in [7, 11) is 0. The van der Waals surface area contributed by atoms with E-state index in [-0.39, 0.29) is 17.6 Å². The van der Waals surface area contributed by atoms with Crippen molar-refractivity contribution in [1.29, 1.82) is 0 Å². The molecule has 2 N–H and O–H groups in total. The Morgan fingerprint density at radius 3 is 2.64 bits per heavy atom. The number of aromatic hydroxyl groups is 1. The zero-order valence-corrected chi connectivity index (χ0v) is 12.8. The van der Waals surface area contributed by atoms with Gasteiger partial charge in [0.15, 0.2) is 11.6 Å². The zero-order valence-electron chi connectivity index (χ0n) is 12.8. The van der Waals surface area contributed by atoms with Crippen LogP contribution in [0.1, 0.15) is 48.5 Å². The molecule has 0 radical (unpaired) electrons. The Bertz CT molecular complexity index is 580. The smallest absolute Gasteiger partial charge is 0.257 e. The number of aliphatic hydroxyl groups is 1. The number of halogens is 1. The lowest BCUT2D eigenvalue weighted by molar-refractivity contribution is 0.0645. The molecule has 5 heteroatoms. The third kappa shape index (κ3) is 2.70. The summed E-state index contributed by atoms with van der Waals surface area (Å²) in [6, 6.07) is 2.93. The van der Waals surface area contributed by atoms with Crippen molar-refractivity contribution in [3.63, 3.8) is 0 Å². The monoisotopic (exact) mass is 307 g/mol. The highest BCUT2D eigenvalue weighted by atomic mass is 19.1. The molecule has 120 valence electrons. The maximum absolute atomic E-state index is 13.9. The molecule has 22 heavy (non-hydrogen) atoms. The minimum Gasteiger partial charge on any atom is -0.505 e. The van der Waals surface area contributed by atoms with Crippen LogP contribution in [0.4, 0.5) is 4.39 Å². The lowest BCUT2D eigenvalue weighted by Gasteiger charge is -2.32. The number of amides is 1. The first-order valence-corrected chi connectivity index (χ1v) is 7.95. The zero-order chi connectivity index (χ0) is 15.9. The van der Waals surface area contributed by atoms with Crippen LogP contribution in [0, 0.1) is 17.7 Å². The van der Waals surface area contributed by atoms with Crippen LogP contribution < -0.4 is 0 Å². The van der Waals surface area contributed by atoms with Gasteiger partial charge >= 0.3 is 0 Å². The summed E-state index contributed by atoms with van der Waals surface area (Å²) in [5, 5.41) is 19.1. The molecule has 2 aliphatic rings. The number of rotatable bonds is 3. The summed E-state index contributed by atoms with van der Waals surface area (Å²) >= 11 is 0. The highest BCUT2D eigenvalue weighted by Crippen LogP contribution is 2.34. The van der Waals surface area contributed by atoms with Crippen molar-refractivity contribution in [3.05, 3.63) is 29.1 Å². The van der Waals surface area contributed by atoms with Gasteiger partial charge < -0.3 is 15.1 Å². The Balaban J connectivity index is 1.64. The quantitative estimate of drug-likeness (QED) is 0.902. The molecule has 1 aromatic rings. The number of carbonyl (C=O) groups is 1. The molecule has 1 heterocycles. The number of carbonyl (C=O) groups excluding carboxylic acids is 1. The van der Waals surface area contributed by atoms with E-state index in [0.29, 0.717) is 30.5 Å². The summed E-state index contributed by atoms with van der Waals surface area (Å²) in [4.78, 5) is 14.0. The van der Waals surface area contributed by atoms with Crippen LogP contribution in [0.15, 0.2) is 12.1 Å². The molecule has 1 atom stereocenters. The maximum atomic E-state index is 13.9. The molecule has 1 aliphatic heterocycles. The predicted molar refractivity (Wildman–Crippen MR) is 79.9 cm³/mol. The molecule has 1 aliphatic carbocycles. The largest absolute Gasteiger partial charge is 0.505 e. The Hall–Kier alpha value is -1.62. The lowest BCUT2D eigenvalue weighted by Crippen LogP contribution is -2.33. The number of fused-ring (bicyclic) bond motifs is 1. The Morgan fingerprint density at radius 1 is 1.32 bits per heavy atom. The van der Waals surface area contributed by atoms with Gasteiger partial charge in [-0.3, -0.25) is 4.79 Å². The molecule has 1 aromatic carbocycles. The normalized spacial score (nSPS) is 26.1. The van der Waals surface area contributed by atoms with Gasteiger partial charge in [0, 0.05) is 13.1 Å². The van der Waals surface area contributed by atoms with Crippen molar-refractivity contribution >= 4 is 5.91 Å². The van der Waals surface area contributed by atoms with Crippen molar-refractivity contribution in [3.8, 4) is 5.75 Å². The summed E-state index contributed by atoms with van der Waals surface area (Å²) in [5.41, 5.74) is 0.677. The molecule has 0 aromatic heterocycles. The Labute approximate surface area is 129 Å². The Morgan fingerprint density at radius 2 is 2.00 bits per heavy atom. The van der Waals surface area contributed by atoms with Crippen LogP contribution in [0.2, 0.25) is 0 Å². The third-order valence-electron chi connectivity index (χ3n) is 5.12. The van der Waals surface area contributed by atoms with Gasteiger partial charge in [-0.1, -0.05) is 6.07 Å². The summed E-state index contributed by atoms with van der Waals surface area (Å²) in [6.07, 6.45) is 3.67. The highest BCUT2D eigenvalue weighted by Gasteiger charge is 2.34. The standard InChI is InChI=1S/C17H22FNO3/c1-10(20)12-4-2-11(3-5-12)8-19-9-13-6-7-14(21)16(18)15(13)17(19)22/h6-7,10-12,20-21H,2-5,8-9H2,1H3/t10-,11?,12?/m1/s1. The van der Waals surface area contributed by atoms with Crippen molar-refractivity contribution in [2.45, 2.75) is 45.3 Å². The van der Waals surface area contributed by atoms with E-state index in [0.717, 1.165) is 25.7 Å². The summed E-state index contributed by atoms with van der Waals surface area (Å²) in [5.74, 6) is -0.822. The maximum Gasteiger partial charge on any atom is 0.257 e. The van der Waals surface area contributed by atoms with E-state index in [9.17, 15) is 19.4 Å². The number of phenols is 1. The fourth-order valence-electron chi connectivity index (χ4n) is 3.72. The van der Waals surface area contributed by atoms with E-state index in [4.69, 9.17) is 0 Å². The van der Waals surface area contributed by atoms with E-state index in [1.54, 1.807) is 11.0 Å². The summed E-state index contributed by atoms with van der Waals surface area (Å²) in [6.45, 7) is 2.88. The number of aliphatic hydroxyl groups excluding tert-OH is 1. The second kappa shape index (κ2) is 5.88. The van der Waals surface area contributed by atoms with Gasteiger partial charge in [-0.25, -0.2) is 4.39 Å². The van der Waals surface area contributed by atoms with Gasteiger partial charge in [0.2, 0.25) is 0 Å². The molecule has 0 unspecified atom stereocenters. The first kappa shape index (κ1) is 15.3. The van der Waals surface area contributed by atoms with Gasteiger partial charge in [0.05, 0.1) is 11.7 Å². The average Bonchev–Trinajstić information content (AvgIpc) is 2.81. The van der Waals surface area contributed by atoms with E-state index in [2.05, 4.69) is 0 Å². The number of nitrogens with zero attached hydrogens (tertiary/aromatic N) is 1. The molecular formula is C17H22FNO3. The molecule has 4 nitrogen and oxygen atoms in total. The summed E-state index contributed by atoms with van der Waals surface area (Å²) < 4.78 is 13.9. The molecule has 1 amide bonds. The van der Waals surface area contributed by atoms with Crippen molar-refractivity contribution in [2.75, 3.05) is 6.54 Å².